The quantitative estimate of drug-likeness (QED) is 0.866. The fraction of sp³-hybridized carbons (Fsp3) is 0.727. The molecule has 0 aliphatic rings. The van der Waals surface area contributed by atoms with Crippen molar-refractivity contribution in [2.45, 2.75) is 46.3 Å². The Labute approximate surface area is 105 Å². The lowest BCUT2D eigenvalue weighted by Gasteiger charge is -2.19. The molecule has 0 aromatic carbocycles. The van der Waals surface area contributed by atoms with Gasteiger partial charge in [0.15, 0.2) is 0 Å². The largest absolute Gasteiger partial charge is 0.395 e. The van der Waals surface area contributed by atoms with Crippen molar-refractivity contribution in [1.29, 1.82) is 0 Å². The number of aliphatic hydroxyl groups excluding tert-OH is 1. The Hall–Kier alpha value is -0.390. The average molecular weight is 290 g/mol. The van der Waals surface area contributed by atoms with Crippen LogP contribution < -0.4 is 5.32 Å². The maximum absolute atomic E-state index is 9.29. The summed E-state index contributed by atoms with van der Waals surface area (Å²) in [4.78, 5) is 0. The van der Waals surface area contributed by atoms with Gasteiger partial charge in [-0.05, 0) is 29.8 Å². The predicted molar refractivity (Wildman–Crippen MR) is 68.5 cm³/mol. The van der Waals surface area contributed by atoms with Crippen molar-refractivity contribution in [2.24, 2.45) is 0 Å². The number of hydrogen-bond donors (Lipinski definition) is 2. The molecule has 5 heteroatoms. The van der Waals surface area contributed by atoms with Gasteiger partial charge in [-0.1, -0.05) is 13.8 Å². The number of aryl methyl sites for hydroxylation is 1. The van der Waals surface area contributed by atoms with Crippen LogP contribution >= 0.6 is 15.9 Å². The minimum atomic E-state index is 0.0462. The zero-order valence-corrected chi connectivity index (χ0v) is 11.9. The molecule has 0 saturated heterocycles. The normalized spacial score (nSPS) is 13.4. The van der Waals surface area contributed by atoms with Crippen molar-refractivity contribution in [3.8, 4) is 0 Å². The van der Waals surface area contributed by atoms with Crippen LogP contribution in [0.5, 0.6) is 0 Å². The molecule has 1 aromatic heterocycles. The summed E-state index contributed by atoms with van der Waals surface area (Å²) in [6, 6.07) is 0.405. The van der Waals surface area contributed by atoms with Gasteiger partial charge in [0.2, 0.25) is 0 Å². The van der Waals surface area contributed by atoms with E-state index >= 15 is 0 Å². The molecular formula is C11H20BrN3O. The van der Waals surface area contributed by atoms with Crippen LogP contribution in [0.1, 0.15) is 25.2 Å². The van der Waals surface area contributed by atoms with E-state index in [9.17, 15) is 5.11 Å². The molecule has 1 unspecified atom stereocenters. The lowest BCUT2D eigenvalue weighted by Crippen LogP contribution is -2.41. The minimum Gasteiger partial charge on any atom is -0.395 e. The molecular weight excluding hydrogens is 270 g/mol. The lowest BCUT2D eigenvalue weighted by atomic mass is 10.2. The fourth-order valence-corrected chi connectivity index (χ4v) is 1.98. The number of rotatable bonds is 5. The second-order valence-corrected chi connectivity index (χ2v) is 5.16. The molecule has 0 bridgehead atoms. The van der Waals surface area contributed by atoms with Crippen LogP contribution in [0.25, 0.3) is 0 Å². The molecule has 4 nitrogen and oxygen atoms in total. The molecule has 2 N–H and O–H groups in total. The topological polar surface area (TPSA) is 50.1 Å². The van der Waals surface area contributed by atoms with Gasteiger partial charge < -0.3 is 10.4 Å². The minimum absolute atomic E-state index is 0.0462. The average Bonchev–Trinajstić information content (AvgIpc) is 2.45. The van der Waals surface area contributed by atoms with E-state index in [0.29, 0.717) is 12.6 Å². The first-order chi connectivity index (χ1) is 7.45. The van der Waals surface area contributed by atoms with E-state index in [-0.39, 0.29) is 12.6 Å². The van der Waals surface area contributed by atoms with E-state index in [1.54, 1.807) is 0 Å². The summed E-state index contributed by atoms with van der Waals surface area (Å²) in [5, 5.41) is 17.0. The summed E-state index contributed by atoms with van der Waals surface area (Å²) >= 11 is 3.50. The van der Waals surface area contributed by atoms with Crippen molar-refractivity contribution in [3.63, 3.8) is 0 Å². The summed E-state index contributed by atoms with van der Waals surface area (Å²) in [7, 11) is 0. The Morgan fingerprint density at radius 2 is 2.06 bits per heavy atom. The van der Waals surface area contributed by atoms with Crippen LogP contribution in [0.4, 0.5) is 0 Å². The fourth-order valence-electron chi connectivity index (χ4n) is 1.70. The Morgan fingerprint density at radius 1 is 1.44 bits per heavy atom. The Morgan fingerprint density at radius 3 is 2.44 bits per heavy atom. The number of aliphatic hydroxyl groups is 1. The third kappa shape index (κ3) is 3.30. The van der Waals surface area contributed by atoms with E-state index < -0.39 is 0 Å². The molecule has 0 saturated carbocycles. The number of nitrogens with zero attached hydrogens (tertiary/aromatic N) is 2. The van der Waals surface area contributed by atoms with Crippen LogP contribution in [0.2, 0.25) is 0 Å². The van der Waals surface area contributed by atoms with Crippen molar-refractivity contribution in [3.05, 3.63) is 15.9 Å². The van der Waals surface area contributed by atoms with Crippen LogP contribution in [0, 0.1) is 13.8 Å². The second kappa shape index (κ2) is 5.80. The highest BCUT2D eigenvalue weighted by molar-refractivity contribution is 9.10. The van der Waals surface area contributed by atoms with Gasteiger partial charge >= 0.3 is 0 Å². The highest BCUT2D eigenvalue weighted by Crippen LogP contribution is 2.19. The van der Waals surface area contributed by atoms with Crippen LogP contribution in [-0.2, 0) is 6.54 Å². The van der Waals surface area contributed by atoms with Gasteiger partial charge in [0.1, 0.15) is 0 Å². The zero-order chi connectivity index (χ0) is 12.3. The number of aromatic nitrogens is 2. The maximum atomic E-state index is 9.29. The third-order valence-electron chi connectivity index (χ3n) is 2.48. The molecule has 1 rings (SSSR count). The second-order valence-electron chi connectivity index (χ2n) is 4.37. The van der Waals surface area contributed by atoms with Crippen molar-refractivity contribution in [1.82, 2.24) is 15.1 Å². The van der Waals surface area contributed by atoms with Gasteiger partial charge in [0, 0.05) is 11.7 Å². The first kappa shape index (κ1) is 13.7. The molecule has 0 radical (unpaired) electrons. The first-order valence-corrected chi connectivity index (χ1v) is 6.31. The highest BCUT2D eigenvalue weighted by Gasteiger charge is 2.14. The summed E-state index contributed by atoms with van der Waals surface area (Å²) in [6.45, 7) is 8.94. The molecule has 1 aromatic rings. The molecule has 0 aliphatic carbocycles. The summed E-state index contributed by atoms with van der Waals surface area (Å²) in [5.41, 5.74) is 2.08. The Bertz CT molecular complexity index is 349. The summed E-state index contributed by atoms with van der Waals surface area (Å²) in [6.07, 6.45) is 0. The van der Waals surface area contributed by atoms with Gasteiger partial charge in [-0.25, -0.2) is 0 Å². The van der Waals surface area contributed by atoms with Crippen LogP contribution in [0.3, 0.4) is 0 Å². The lowest BCUT2D eigenvalue weighted by molar-refractivity contribution is 0.217. The molecule has 16 heavy (non-hydrogen) atoms. The van der Waals surface area contributed by atoms with E-state index in [0.717, 1.165) is 15.9 Å². The zero-order valence-electron chi connectivity index (χ0n) is 10.3. The van der Waals surface area contributed by atoms with E-state index in [1.807, 2.05) is 18.5 Å². The molecule has 1 atom stereocenters. The molecule has 0 aliphatic heterocycles. The van der Waals surface area contributed by atoms with Gasteiger partial charge in [0.25, 0.3) is 0 Å². The highest BCUT2D eigenvalue weighted by atomic mass is 79.9. The number of nitrogens with one attached hydrogen (secondary N) is 1. The third-order valence-corrected chi connectivity index (χ3v) is 3.62. The Balaban J connectivity index is 2.74. The van der Waals surface area contributed by atoms with E-state index in [4.69, 9.17) is 0 Å². The van der Waals surface area contributed by atoms with Crippen LogP contribution in [-0.4, -0.2) is 33.6 Å². The molecule has 0 fully saturated rings. The van der Waals surface area contributed by atoms with Gasteiger partial charge in [-0.15, -0.1) is 0 Å². The number of halogens is 1. The van der Waals surface area contributed by atoms with Crippen molar-refractivity contribution in [2.75, 3.05) is 6.61 Å². The monoisotopic (exact) mass is 289 g/mol. The number of hydrogen-bond acceptors (Lipinski definition) is 3. The summed E-state index contributed by atoms with van der Waals surface area (Å²) < 4.78 is 2.98. The molecule has 0 amide bonds. The smallest absolute Gasteiger partial charge is 0.0738 e. The molecule has 1 heterocycles. The maximum Gasteiger partial charge on any atom is 0.0738 e. The van der Waals surface area contributed by atoms with Crippen molar-refractivity contribution >= 4 is 15.9 Å². The molecule has 92 valence electrons. The SMILES string of the molecule is Cc1nn(CC(CO)NC(C)C)c(C)c1Br. The van der Waals surface area contributed by atoms with E-state index in [1.165, 1.54) is 0 Å². The van der Waals surface area contributed by atoms with E-state index in [2.05, 4.69) is 40.2 Å². The van der Waals surface area contributed by atoms with Gasteiger partial charge in [-0.2, -0.15) is 5.10 Å². The standard InChI is InChI=1S/C11H20BrN3O/c1-7(2)13-10(6-16)5-15-9(4)11(12)8(3)14-15/h7,10,13,16H,5-6H2,1-4H3. The van der Waals surface area contributed by atoms with Gasteiger partial charge in [-0.3, -0.25) is 4.68 Å². The van der Waals surface area contributed by atoms with Gasteiger partial charge in [0.05, 0.1) is 29.4 Å². The predicted octanol–water partition coefficient (Wildman–Crippen LogP) is 1.62. The summed E-state index contributed by atoms with van der Waals surface area (Å²) in [5.74, 6) is 0. The Kier molecular flexibility index (Phi) is 4.95. The molecule has 0 spiro atoms. The van der Waals surface area contributed by atoms with Crippen LogP contribution in [0.15, 0.2) is 4.47 Å². The van der Waals surface area contributed by atoms with Crippen molar-refractivity contribution < 1.29 is 5.11 Å². The first-order valence-electron chi connectivity index (χ1n) is 5.52.